The first kappa shape index (κ1) is 13.6. The summed E-state index contributed by atoms with van der Waals surface area (Å²) >= 11 is 0. The van der Waals surface area contributed by atoms with E-state index in [1.54, 1.807) is 0 Å². The summed E-state index contributed by atoms with van der Waals surface area (Å²) < 4.78 is 2.00. The van der Waals surface area contributed by atoms with Crippen LogP contribution in [0.2, 0.25) is 0 Å². The van der Waals surface area contributed by atoms with Gasteiger partial charge >= 0.3 is 0 Å². The van der Waals surface area contributed by atoms with Gasteiger partial charge in [0.15, 0.2) is 0 Å². The van der Waals surface area contributed by atoms with Crippen molar-refractivity contribution < 1.29 is 0 Å². The molecule has 1 fully saturated rings. The Morgan fingerprint density at radius 3 is 2.89 bits per heavy atom. The molecule has 18 heavy (non-hydrogen) atoms. The van der Waals surface area contributed by atoms with Crippen LogP contribution in [0, 0.1) is 5.92 Å². The summed E-state index contributed by atoms with van der Waals surface area (Å²) in [5.74, 6) is 0.641. The highest BCUT2D eigenvalue weighted by Gasteiger charge is 2.28. The van der Waals surface area contributed by atoms with Gasteiger partial charge in [0, 0.05) is 43.5 Å². The second kappa shape index (κ2) is 5.85. The van der Waals surface area contributed by atoms with Crippen molar-refractivity contribution in [1.82, 2.24) is 14.7 Å². The summed E-state index contributed by atoms with van der Waals surface area (Å²) in [7, 11) is 0. The van der Waals surface area contributed by atoms with Crippen LogP contribution in [0.3, 0.4) is 0 Å². The number of nitrogens with zero attached hydrogens (tertiary/aromatic N) is 3. The molecular weight excluding hydrogens is 224 g/mol. The van der Waals surface area contributed by atoms with E-state index in [4.69, 9.17) is 5.73 Å². The van der Waals surface area contributed by atoms with Crippen LogP contribution in [0.4, 0.5) is 0 Å². The summed E-state index contributed by atoms with van der Waals surface area (Å²) in [4.78, 5) is 2.55. The van der Waals surface area contributed by atoms with Gasteiger partial charge in [-0.3, -0.25) is 9.58 Å². The molecule has 102 valence electrons. The van der Waals surface area contributed by atoms with Gasteiger partial charge in [0.25, 0.3) is 0 Å². The molecule has 2 N–H and O–H groups in total. The van der Waals surface area contributed by atoms with Crippen molar-refractivity contribution in [3.63, 3.8) is 0 Å². The fraction of sp³-hybridized carbons (Fsp3) is 0.786. The molecule has 0 aromatic carbocycles. The van der Waals surface area contributed by atoms with Crippen molar-refractivity contribution in [2.45, 2.75) is 52.2 Å². The van der Waals surface area contributed by atoms with Gasteiger partial charge in [0.05, 0.1) is 6.20 Å². The van der Waals surface area contributed by atoms with Gasteiger partial charge in [-0.1, -0.05) is 13.3 Å². The topological polar surface area (TPSA) is 47.1 Å². The Labute approximate surface area is 110 Å². The van der Waals surface area contributed by atoms with Crippen LogP contribution < -0.4 is 5.73 Å². The number of likely N-dealkylation sites (tertiary alicyclic amines) is 1. The highest BCUT2D eigenvalue weighted by molar-refractivity contribution is 5.10. The molecule has 4 heteroatoms. The standard InChI is InChI=1S/C14H26N4/c1-4-12-9-17(7-6-14(12)15)11(3)13-8-16-18(5-2)10-13/h8,10-12,14H,4-7,9,15H2,1-3H3. The minimum atomic E-state index is 0.386. The molecule has 3 atom stereocenters. The Balaban J connectivity index is 2.02. The molecule has 1 saturated heterocycles. The molecule has 0 aliphatic carbocycles. The van der Waals surface area contributed by atoms with Crippen LogP contribution in [0.25, 0.3) is 0 Å². The zero-order valence-electron chi connectivity index (χ0n) is 11.8. The molecule has 2 heterocycles. The van der Waals surface area contributed by atoms with Crippen molar-refractivity contribution in [2.75, 3.05) is 13.1 Å². The second-order valence-electron chi connectivity index (χ2n) is 5.42. The molecule has 0 saturated carbocycles. The predicted molar refractivity (Wildman–Crippen MR) is 74.3 cm³/mol. The number of nitrogens with two attached hydrogens (primary N) is 1. The lowest BCUT2D eigenvalue weighted by atomic mass is 9.89. The first-order valence-corrected chi connectivity index (χ1v) is 7.17. The monoisotopic (exact) mass is 250 g/mol. The third-order valence-electron chi connectivity index (χ3n) is 4.36. The van der Waals surface area contributed by atoms with E-state index in [9.17, 15) is 0 Å². The smallest absolute Gasteiger partial charge is 0.0537 e. The van der Waals surface area contributed by atoms with Crippen LogP contribution in [0.5, 0.6) is 0 Å². The second-order valence-corrected chi connectivity index (χ2v) is 5.42. The van der Waals surface area contributed by atoms with Gasteiger partial charge in [-0.25, -0.2) is 0 Å². The zero-order valence-corrected chi connectivity index (χ0v) is 11.8. The molecular formula is C14H26N4. The SMILES string of the molecule is CCC1CN(C(C)c2cnn(CC)c2)CCC1N. The lowest BCUT2D eigenvalue weighted by molar-refractivity contribution is 0.114. The molecule has 2 rings (SSSR count). The van der Waals surface area contributed by atoms with E-state index >= 15 is 0 Å². The molecule has 1 aromatic heterocycles. The van der Waals surface area contributed by atoms with Crippen LogP contribution in [0.15, 0.2) is 12.4 Å². The Morgan fingerprint density at radius 1 is 1.50 bits per heavy atom. The maximum Gasteiger partial charge on any atom is 0.0537 e. The Morgan fingerprint density at radius 2 is 2.28 bits per heavy atom. The van der Waals surface area contributed by atoms with Gasteiger partial charge in [0.2, 0.25) is 0 Å². The molecule has 0 radical (unpaired) electrons. The van der Waals surface area contributed by atoms with Gasteiger partial charge in [0.1, 0.15) is 0 Å². The number of hydrogen-bond acceptors (Lipinski definition) is 3. The summed E-state index contributed by atoms with van der Waals surface area (Å²) in [5.41, 5.74) is 7.49. The van der Waals surface area contributed by atoms with Crippen LogP contribution in [-0.2, 0) is 6.54 Å². The number of aromatic nitrogens is 2. The van der Waals surface area contributed by atoms with E-state index in [0.29, 0.717) is 18.0 Å². The maximum atomic E-state index is 6.17. The van der Waals surface area contributed by atoms with E-state index in [1.807, 2.05) is 10.9 Å². The Hall–Kier alpha value is -0.870. The minimum Gasteiger partial charge on any atom is -0.327 e. The normalized spacial score (nSPS) is 27.3. The zero-order chi connectivity index (χ0) is 13.1. The van der Waals surface area contributed by atoms with Crippen molar-refractivity contribution in [1.29, 1.82) is 0 Å². The lowest BCUT2D eigenvalue weighted by Gasteiger charge is -2.39. The van der Waals surface area contributed by atoms with E-state index in [0.717, 1.165) is 26.1 Å². The molecule has 0 spiro atoms. The number of rotatable bonds is 4. The molecule has 0 bridgehead atoms. The van der Waals surface area contributed by atoms with Crippen molar-refractivity contribution >= 4 is 0 Å². The largest absolute Gasteiger partial charge is 0.327 e. The first-order chi connectivity index (χ1) is 8.65. The fourth-order valence-corrected chi connectivity index (χ4v) is 2.84. The van der Waals surface area contributed by atoms with Gasteiger partial charge in [-0.05, 0) is 26.2 Å². The summed E-state index contributed by atoms with van der Waals surface area (Å²) in [6.07, 6.45) is 6.47. The van der Waals surface area contributed by atoms with Gasteiger partial charge in [-0.2, -0.15) is 5.10 Å². The summed E-state index contributed by atoms with van der Waals surface area (Å²) in [6.45, 7) is 9.81. The highest BCUT2D eigenvalue weighted by Crippen LogP contribution is 2.27. The first-order valence-electron chi connectivity index (χ1n) is 7.17. The van der Waals surface area contributed by atoms with Crippen molar-refractivity contribution in [3.8, 4) is 0 Å². The third-order valence-corrected chi connectivity index (χ3v) is 4.36. The fourth-order valence-electron chi connectivity index (χ4n) is 2.84. The quantitative estimate of drug-likeness (QED) is 0.889. The van der Waals surface area contributed by atoms with E-state index in [1.165, 1.54) is 12.0 Å². The summed E-state index contributed by atoms with van der Waals surface area (Å²) in [5, 5.41) is 4.37. The molecule has 1 aliphatic rings. The molecule has 1 aliphatic heterocycles. The van der Waals surface area contributed by atoms with Crippen molar-refractivity contribution in [2.24, 2.45) is 11.7 Å². The number of piperidine rings is 1. The Bertz CT molecular complexity index is 374. The number of aryl methyl sites for hydroxylation is 1. The molecule has 4 nitrogen and oxygen atoms in total. The summed E-state index contributed by atoms with van der Waals surface area (Å²) in [6, 6.07) is 0.837. The molecule has 0 amide bonds. The van der Waals surface area contributed by atoms with Gasteiger partial charge < -0.3 is 5.73 Å². The predicted octanol–water partition coefficient (Wildman–Crippen LogP) is 2.02. The maximum absolute atomic E-state index is 6.17. The average Bonchev–Trinajstić information content (AvgIpc) is 2.87. The molecule has 3 unspecified atom stereocenters. The van der Waals surface area contributed by atoms with Crippen LogP contribution in [0.1, 0.15) is 45.2 Å². The Kier molecular flexibility index (Phi) is 4.40. The lowest BCUT2D eigenvalue weighted by Crippen LogP contribution is -2.47. The van der Waals surface area contributed by atoms with Crippen molar-refractivity contribution in [3.05, 3.63) is 18.0 Å². The van der Waals surface area contributed by atoms with E-state index in [2.05, 4.69) is 37.0 Å². The average molecular weight is 250 g/mol. The molecule has 1 aromatic rings. The third kappa shape index (κ3) is 2.75. The minimum absolute atomic E-state index is 0.386. The highest BCUT2D eigenvalue weighted by atomic mass is 15.3. The number of hydrogen-bond donors (Lipinski definition) is 1. The van der Waals surface area contributed by atoms with Crippen LogP contribution >= 0.6 is 0 Å². The van der Waals surface area contributed by atoms with E-state index < -0.39 is 0 Å². The van der Waals surface area contributed by atoms with Crippen LogP contribution in [-0.4, -0.2) is 33.8 Å². The van der Waals surface area contributed by atoms with E-state index in [-0.39, 0.29) is 0 Å². The van der Waals surface area contributed by atoms with Gasteiger partial charge in [-0.15, -0.1) is 0 Å².